The summed E-state index contributed by atoms with van der Waals surface area (Å²) < 4.78 is 0. The van der Waals surface area contributed by atoms with Gasteiger partial charge in [0.25, 0.3) is 11.4 Å². The van der Waals surface area contributed by atoms with Crippen LogP contribution in [0.5, 0.6) is 0 Å². The number of Topliss-reactive ketones (excluding diaryl/α,β-unsaturated/α-hetero) is 1. The van der Waals surface area contributed by atoms with Crippen LogP contribution in [0.25, 0.3) is 11.8 Å². The van der Waals surface area contributed by atoms with E-state index < -0.39 is 15.9 Å². The summed E-state index contributed by atoms with van der Waals surface area (Å²) >= 11 is 0. The molecule has 0 aromatic heterocycles. The topological polar surface area (TPSA) is 124 Å². The van der Waals surface area contributed by atoms with Crippen LogP contribution in [0.2, 0.25) is 0 Å². The predicted molar refractivity (Wildman–Crippen MR) is 116 cm³/mol. The number of nitro groups is 2. The molecule has 0 saturated carbocycles. The summed E-state index contributed by atoms with van der Waals surface area (Å²) in [6.45, 7) is 1.50. The van der Waals surface area contributed by atoms with E-state index in [0.29, 0.717) is 23.2 Å². The van der Waals surface area contributed by atoms with Crippen LogP contribution in [0.15, 0.2) is 60.7 Å². The lowest BCUT2D eigenvalue weighted by molar-refractivity contribution is -0.385. The van der Waals surface area contributed by atoms with Gasteiger partial charge in [0.2, 0.25) is 0 Å². The van der Waals surface area contributed by atoms with Crippen LogP contribution in [0.4, 0.5) is 11.4 Å². The Bertz CT molecular complexity index is 1180. The molecular formula is C23H19N3O6. The summed E-state index contributed by atoms with van der Waals surface area (Å²) in [6.07, 6.45) is 5.29. The number of nitrogens with zero attached hydrogens (tertiary/aromatic N) is 3. The van der Waals surface area contributed by atoms with Gasteiger partial charge in [-0.05, 0) is 48.8 Å². The average molecular weight is 433 g/mol. The van der Waals surface area contributed by atoms with Gasteiger partial charge in [0, 0.05) is 35.9 Å². The molecule has 2 aromatic rings. The normalized spacial score (nSPS) is 22.2. The monoisotopic (exact) mass is 433 g/mol. The van der Waals surface area contributed by atoms with Crippen LogP contribution < -0.4 is 0 Å². The van der Waals surface area contributed by atoms with E-state index in [2.05, 4.69) is 0 Å². The number of ketones is 2. The van der Waals surface area contributed by atoms with Gasteiger partial charge in [-0.1, -0.05) is 18.2 Å². The molecule has 9 heteroatoms. The lowest BCUT2D eigenvalue weighted by Crippen LogP contribution is -2.42. The van der Waals surface area contributed by atoms with Crippen molar-refractivity contribution in [2.24, 2.45) is 5.92 Å². The molecule has 2 heterocycles. The fourth-order valence-electron chi connectivity index (χ4n) is 4.36. The Hall–Kier alpha value is -4.14. The summed E-state index contributed by atoms with van der Waals surface area (Å²) in [5.41, 5.74) is 1.54. The number of benzene rings is 2. The molecular weight excluding hydrogens is 414 g/mol. The van der Waals surface area contributed by atoms with Crippen LogP contribution in [-0.2, 0) is 9.59 Å². The van der Waals surface area contributed by atoms with E-state index in [1.165, 1.54) is 37.3 Å². The Balaban J connectivity index is 1.86. The first-order valence-electron chi connectivity index (χ1n) is 9.98. The van der Waals surface area contributed by atoms with Crippen molar-refractivity contribution in [3.63, 3.8) is 0 Å². The molecule has 0 radical (unpaired) electrons. The second-order valence-electron chi connectivity index (χ2n) is 7.81. The molecule has 1 saturated heterocycles. The van der Waals surface area contributed by atoms with Gasteiger partial charge in [-0.15, -0.1) is 0 Å². The molecule has 4 rings (SSSR count). The highest BCUT2D eigenvalue weighted by Gasteiger charge is 2.47. The van der Waals surface area contributed by atoms with Gasteiger partial charge in [-0.2, -0.15) is 0 Å². The number of carbonyl (C=O) groups is 2. The van der Waals surface area contributed by atoms with E-state index in [-0.39, 0.29) is 34.9 Å². The van der Waals surface area contributed by atoms with Crippen LogP contribution in [0.3, 0.4) is 0 Å². The minimum absolute atomic E-state index is 0.0275. The number of non-ortho nitro benzene ring substituents is 2. The number of carbonyl (C=O) groups excluding carboxylic acids is 2. The van der Waals surface area contributed by atoms with Crippen molar-refractivity contribution in [2.75, 3.05) is 0 Å². The number of fused-ring (bicyclic) bond motifs is 2. The largest absolute Gasteiger partial charge is 0.353 e. The first kappa shape index (κ1) is 21.1. The van der Waals surface area contributed by atoms with Gasteiger partial charge in [0.1, 0.15) is 5.78 Å². The lowest BCUT2D eigenvalue weighted by Gasteiger charge is -2.35. The lowest BCUT2D eigenvalue weighted by atomic mass is 9.96. The predicted octanol–water partition coefficient (Wildman–Crippen LogP) is 3.79. The highest BCUT2D eigenvalue weighted by molar-refractivity contribution is 6.00. The van der Waals surface area contributed by atoms with Crippen LogP contribution >= 0.6 is 0 Å². The fourth-order valence-corrected chi connectivity index (χ4v) is 4.36. The molecule has 0 spiro atoms. The van der Waals surface area contributed by atoms with Gasteiger partial charge in [-0.25, -0.2) is 0 Å². The van der Waals surface area contributed by atoms with E-state index in [0.717, 1.165) is 0 Å². The van der Waals surface area contributed by atoms with E-state index >= 15 is 0 Å². The van der Waals surface area contributed by atoms with E-state index in [1.54, 1.807) is 36.4 Å². The van der Waals surface area contributed by atoms with Crippen molar-refractivity contribution in [1.82, 2.24) is 4.90 Å². The maximum atomic E-state index is 12.7. The molecule has 32 heavy (non-hydrogen) atoms. The molecule has 0 aliphatic carbocycles. The van der Waals surface area contributed by atoms with Crippen LogP contribution in [0, 0.1) is 26.1 Å². The van der Waals surface area contributed by atoms with E-state index in [1.807, 2.05) is 4.90 Å². The zero-order valence-corrected chi connectivity index (χ0v) is 17.1. The molecule has 162 valence electrons. The third-order valence-corrected chi connectivity index (χ3v) is 5.89. The zero-order chi connectivity index (χ0) is 23.0. The molecule has 2 aromatic carbocycles. The number of nitro benzene ring substituents is 2. The Labute approximate surface area is 183 Å². The van der Waals surface area contributed by atoms with Gasteiger partial charge < -0.3 is 4.90 Å². The highest BCUT2D eigenvalue weighted by Crippen LogP contribution is 2.42. The summed E-state index contributed by atoms with van der Waals surface area (Å²) in [5, 5.41) is 22.3. The minimum Gasteiger partial charge on any atom is -0.353 e. The van der Waals surface area contributed by atoms with Crippen molar-refractivity contribution >= 4 is 34.7 Å². The van der Waals surface area contributed by atoms with Crippen molar-refractivity contribution in [1.29, 1.82) is 0 Å². The molecule has 3 atom stereocenters. The molecule has 2 aliphatic heterocycles. The van der Waals surface area contributed by atoms with Crippen LogP contribution in [-0.4, -0.2) is 38.4 Å². The summed E-state index contributed by atoms with van der Waals surface area (Å²) in [6, 6.07) is 11.0. The number of hydrogen-bond donors (Lipinski definition) is 0. The Morgan fingerprint density at radius 1 is 1.06 bits per heavy atom. The third-order valence-electron chi connectivity index (χ3n) is 5.89. The summed E-state index contributed by atoms with van der Waals surface area (Å²) in [5.74, 6) is -0.522. The molecule has 2 unspecified atom stereocenters. The van der Waals surface area contributed by atoms with Crippen molar-refractivity contribution in [2.45, 2.75) is 25.4 Å². The van der Waals surface area contributed by atoms with E-state index in [4.69, 9.17) is 0 Å². The zero-order valence-electron chi connectivity index (χ0n) is 17.1. The van der Waals surface area contributed by atoms with E-state index in [9.17, 15) is 29.8 Å². The molecule has 9 nitrogen and oxygen atoms in total. The quantitative estimate of drug-likeness (QED) is 0.386. The number of rotatable bonds is 6. The number of hydrogen-bond acceptors (Lipinski definition) is 7. The second kappa shape index (κ2) is 8.18. The van der Waals surface area contributed by atoms with Gasteiger partial charge >= 0.3 is 0 Å². The first-order valence-corrected chi connectivity index (χ1v) is 9.98. The Morgan fingerprint density at radius 3 is 2.38 bits per heavy atom. The maximum Gasteiger partial charge on any atom is 0.270 e. The smallest absolute Gasteiger partial charge is 0.270 e. The summed E-state index contributed by atoms with van der Waals surface area (Å²) in [7, 11) is 0. The second-order valence-corrected chi connectivity index (χ2v) is 7.81. The molecule has 2 bridgehead atoms. The SMILES string of the molecule is CC(=O)[C@@H]1CC2C(=O)C=CC1N2/C(=C/c1cccc([N+](=O)[O-])c1)c1ccc([N+](=O)[O-])cc1. The molecule has 1 fully saturated rings. The van der Waals surface area contributed by atoms with Crippen molar-refractivity contribution in [3.8, 4) is 0 Å². The van der Waals surface area contributed by atoms with Gasteiger partial charge in [-0.3, -0.25) is 29.8 Å². The standard InChI is InChI=1S/C23H19N3O6/c1-14(27)19-13-22-23(28)10-9-20(19)24(22)21(16-5-7-17(8-6-16)25(29)30)12-15-3-2-4-18(11-15)26(31)32/h2-12,19-20,22H,13H2,1H3/b21-12+/t19-,20?,22?/m0/s1. The first-order chi connectivity index (χ1) is 15.3. The van der Waals surface area contributed by atoms with Crippen molar-refractivity contribution < 1.29 is 19.4 Å². The minimum atomic E-state index is -0.556. The molecule has 0 N–H and O–H groups in total. The Morgan fingerprint density at radius 2 is 1.75 bits per heavy atom. The average Bonchev–Trinajstić information content (AvgIpc) is 3.06. The molecule has 0 amide bonds. The van der Waals surface area contributed by atoms with Crippen molar-refractivity contribution in [3.05, 3.63) is 92.0 Å². The van der Waals surface area contributed by atoms with Crippen LogP contribution in [0.1, 0.15) is 24.5 Å². The summed E-state index contributed by atoms with van der Waals surface area (Å²) in [4.78, 5) is 48.1. The van der Waals surface area contributed by atoms with Gasteiger partial charge in [0.15, 0.2) is 5.78 Å². The molecule has 2 aliphatic rings. The Kier molecular flexibility index (Phi) is 5.40. The highest BCUT2D eigenvalue weighted by atomic mass is 16.6. The third kappa shape index (κ3) is 3.80. The fraction of sp³-hybridized carbons (Fsp3) is 0.217. The van der Waals surface area contributed by atoms with Gasteiger partial charge in [0.05, 0.1) is 21.9 Å². The maximum absolute atomic E-state index is 12.7.